The number of nitrogens with zero attached hydrogens (tertiary/aromatic N) is 2. The molecule has 0 heterocycles. The van der Waals surface area contributed by atoms with Crippen molar-refractivity contribution in [3.63, 3.8) is 0 Å². The standard InChI is InChI=1S/C13H17F3.2C13H17N/c1-12(2,3)8-7-10-5-4-6-11(9-10)13(14,15)16;1-13(2,3)9-8-11-4-6-12(10-14)7-5-11;1-13(2,3)8-7-11-5-4-6-12(9-11)10-14/h4-6,9H,7-8H2,1-3H3;4-7H,8-9H2,1-3H3;4-6,9H,7-8H2,1-3H3. The highest BCUT2D eigenvalue weighted by Gasteiger charge is 2.30. The van der Waals surface area contributed by atoms with Crippen LogP contribution in [0.1, 0.15) is 115 Å². The summed E-state index contributed by atoms with van der Waals surface area (Å²) in [5, 5.41) is 17.4. The maximum atomic E-state index is 12.4. The van der Waals surface area contributed by atoms with Crippen molar-refractivity contribution < 1.29 is 13.2 Å². The summed E-state index contributed by atoms with van der Waals surface area (Å²) in [7, 11) is 0. The number of alkyl halides is 3. The largest absolute Gasteiger partial charge is 0.416 e. The van der Waals surface area contributed by atoms with Gasteiger partial charge in [-0.1, -0.05) is 105 Å². The first-order chi connectivity index (χ1) is 20.2. The highest BCUT2D eigenvalue weighted by atomic mass is 19.4. The number of hydrogen-bond acceptors (Lipinski definition) is 2. The molecule has 5 heteroatoms. The van der Waals surface area contributed by atoms with E-state index in [0.29, 0.717) is 17.3 Å². The molecule has 0 aliphatic heterocycles. The molecule has 238 valence electrons. The van der Waals surface area contributed by atoms with E-state index in [0.717, 1.165) is 48.4 Å². The summed E-state index contributed by atoms with van der Waals surface area (Å²) in [5.74, 6) is 0. The van der Waals surface area contributed by atoms with Crippen LogP contribution < -0.4 is 0 Å². The van der Waals surface area contributed by atoms with Crippen molar-refractivity contribution in [2.45, 2.75) is 107 Å². The minimum absolute atomic E-state index is 0.147. The highest BCUT2D eigenvalue weighted by Crippen LogP contribution is 2.30. The molecule has 2 nitrogen and oxygen atoms in total. The van der Waals surface area contributed by atoms with E-state index < -0.39 is 11.7 Å². The molecule has 0 saturated heterocycles. The fraction of sp³-hybridized carbons (Fsp3) is 0.487. The van der Waals surface area contributed by atoms with E-state index in [1.54, 1.807) is 6.07 Å². The van der Waals surface area contributed by atoms with Crippen molar-refractivity contribution in [1.29, 1.82) is 10.5 Å². The number of benzene rings is 3. The average molecular weight is 605 g/mol. The topological polar surface area (TPSA) is 47.6 Å². The lowest BCUT2D eigenvalue weighted by Crippen LogP contribution is -2.08. The van der Waals surface area contributed by atoms with Gasteiger partial charge in [-0.05, 0) is 102 Å². The molecule has 0 fully saturated rings. The molecule has 0 N–H and O–H groups in total. The minimum Gasteiger partial charge on any atom is -0.192 e. The fourth-order valence-corrected chi connectivity index (χ4v) is 4.00. The molecule has 0 spiro atoms. The van der Waals surface area contributed by atoms with E-state index in [-0.39, 0.29) is 5.41 Å². The van der Waals surface area contributed by atoms with Gasteiger partial charge in [-0.15, -0.1) is 0 Å². The highest BCUT2D eigenvalue weighted by molar-refractivity contribution is 5.33. The van der Waals surface area contributed by atoms with Gasteiger partial charge in [-0.3, -0.25) is 0 Å². The Morgan fingerprint density at radius 1 is 0.500 bits per heavy atom. The first kappa shape index (κ1) is 38.5. The van der Waals surface area contributed by atoms with E-state index in [4.69, 9.17) is 10.5 Å². The van der Waals surface area contributed by atoms with Gasteiger partial charge in [0.15, 0.2) is 0 Å². The van der Waals surface area contributed by atoms with Gasteiger partial charge in [0.25, 0.3) is 0 Å². The van der Waals surface area contributed by atoms with Gasteiger partial charge in [0, 0.05) is 0 Å². The van der Waals surface area contributed by atoms with Crippen LogP contribution in [0.25, 0.3) is 0 Å². The van der Waals surface area contributed by atoms with Crippen molar-refractivity contribution in [3.05, 3.63) is 106 Å². The number of rotatable bonds is 6. The van der Waals surface area contributed by atoms with Gasteiger partial charge in [0.05, 0.1) is 28.8 Å². The van der Waals surface area contributed by atoms with Gasteiger partial charge in [0.1, 0.15) is 0 Å². The first-order valence-corrected chi connectivity index (χ1v) is 15.3. The third kappa shape index (κ3) is 18.2. The number of nitriles is 2. The van der Waals surface area contributed by atoms with Crippen LogP contribution in [0.15, 0.2) is 72.8 Å². The molecule has 0 aliphatic carbocycles. The Balaban J connectivity index is 0.000000331. The normalized spacial score (nSPS) is 11.7. The smallest absolute Gasteiger partial charge is 0.192 e. The third-order valence-corrected chi connectivity index (χ3v) is 6.88. The average Bonchev–Trinajstić information content (AvgIpc) is 2.93. The molecule has 0 bridgehead atoms. The van der Waals surface area contributed by atoms with Gasteiger partial charge >= 0.3 is 6.18 Å². The van der Waals surface area contributed by atoms with E-state index in [1.807, 2.05) is 42.5 Å². The molecule has 0 aliphatic rings. The molecule has 44 heavy (non-hydrogen) atoms. The van der Waals surface area contributed by atoms with Crippen LogP contribution in [-0.2, 0) is 25.4 Å². The van der Waals surface area contributed by atoms with E-state index in [9.17, 15) is 13.2 Å². The van der Waals surface area contributed by atoms with Gasteiger partial charge in [0.2, 0.25) is 0 Å². The Hall–Kier alpha value is -3.57. The molecule has 0 amide bonds. The van der Waals surface area contributed by atoms with Crippen LogP contribution in [-0.4, -0.2) is 0 Å². The quantitative estimate of drug-likeness (QED) is 0.281. The van der Waals surface area contributed by atoms with Crippen molar-refractivity contribution in [2.24, 2.45) is 16.2 Å². The number of halogens is 3. The lowest BCUT2D eigenvalue weighted by molar-refractivity contribution is -0.137. The van der Waals surface area contributed by atoms with Crippen LogP contribution in [0.3, 0.4) is 0 Å². The Morgan fingerprint density at radius 2 is 0.909 bits per heavy atom. The maximum Gasteiger partial charge on any atom is 0.416 e. The summed E-state index contributed by atoms with van der Waals surface area (Å²) in [6.45, 7) is 19.7. The molecule has 3 aromatic rings. The first-order valence-electron chi connectivity index (χ1n) is 15.3. The van der Waals surface area contributed by atoms with Gasteiger partial charge in [-0.2, -0.15) is 23.7 Å². The fourth-order valence-electron chi connectivity index (χ4n) is 4.00. The number of hydrogen-bond donors (Lipinski definition) is 0. The van der Waals surface area contributed by atoms with Crippen molar-refractivity contribution in [3.8, 4) is 12.1 Å². The molecule has 0 unspecified atom stereocenters. The second-order valence-corrected chi connectivity index (χ2v) is 15.0. The molecular weight excluding hydrogens is 553 g/mol. The summed E-state index contributed by atoms with van der Waals surface area (Å²) in [4.78, 5) is 0. The molecule has 3 rings (SSSR count). The van der Waals surface area contributed by atoms with Crippen molar-refractivity contribution in [1.82, 2.24) is 0 Å². The second kappa shape index (κ2) is 17.1. The summed E-state index contributed by atoms with van der Waals surface area (Å²) in [6.07, 6.45) is 1.81. The Bertz CT molecular complexity index is 1350. The number of aryl methyl sites for hydroxylation is 3. The maximum absolute atomic E-state index is 12.4. The monoisotopic (exact) mass is 604 g/mol. The Morgan fingerprint density at radius 3 is 1.32 bits per heavy atom. The minimum atomic E-state index is -4.24. The lowest BCUT2D eigenvalue weighted by atomic mass is 9.88. The molecular formula is C39H51F3N2. The zero-order chi connectivity index (χ0) is 33.6. The lowest BCUT2D eigenvalue weighted by Gasteiger charge is -2.18. The Labute approximate surface area is 265 Å². The zero-order valence-electron chi connectivity index (χ0n) is 28.2. The summed E-state index contributed by atoms with van der Waals surface area (Å²) in [6, 6.07) is 25.6. The SMILES string of the molecule is CC(C)(C)CCc1ccc(C#N)cc1.CC(C)(C)CCc1cccc(C#N)c1.CC(C)(C)CCc1cccc(C(F)(F)F)c1. The zero-order valence-corrected chi connectivity index (χ0v) is 28.2. The van der Waals surface area contributed by atoms with Crippen LogP contribution >= 0.6 is 0 Å². The summed E-state index contributed by atoms with van der Waals surface area (Å²) >= 11 is 0. The van der Waals surface area contributed by atoms with Crippen LogP contribution in [0.4, 0.5) is 13.2 Å². The van der Waals surface area contributed by atoms with Crippen LogP contribution in [0.2, 0.25) is 0 Å². The molecule has 0 aromatic heterocycles. The van der Waals surface area contributed by atoms with E-state index in [2.05, 4.69) is 80.5 Å². The molecule has 0 radical (unpaired) electrons. The van der Waals surface area contributed by atoms with Crippen molar-refractivity contribution in [2.75, 3.05) is 0 Å². The van der Waals surface area contributed by atoms with E-state index >= 15 is 0 Å². The third-order valence-electron chi connectivity index (χ3n) is 6.88. The van der Waals surface area contributed by atoms with Gasteiger partial charge < -0.3 is 0 Å². The summed E-state index contributed by atoms with van der Waals surface area (Å²) < 4.78 is 37.3. The van der Waals surface area contributed by atoms with Gasteiger partial charge in [-0.25, -0.2) is 0 Å². The molecule has 3 aromatic carbocycles. The predicted molar refractivity (Wildman–Crippen MR) is 177 cm³/mol. The predicted octanol–water partition coefficient (Wildman–Crippen LogP) is 11.8. The van der Waals surface area contributed by atoms with Crippen LogP contribution in [0, 0.1) is 38.9 Å². The summed E-state index contributed by atoms with van der Waals surface area (Å²) in [5.41, 5.74) is 5.17. The molecule has 0 saturated carbocycles. The second-order valence-electron chi connectivity index (χ2n) is 15.0. The Kier molecular flexibility index (Phi) is 14.9. The van der Waals surface area contributed by atoms with E-state index in [1.165, 1.54) is 29.7 Å². The molecule has 0 atom stereocenters. The van der Waals surface area contributed by atoms with Crippen LogP contribution in [0.5, 0.6) is 0 Å². The van der Waals surface area contributed by atoms with Crippen molar-refractivity contribution >= 4 is 0 Å².